The highest BCUT2D eigenvalue weighted by atomic mass is 16.2. The molecule has 1 N–H and O–H groups in total. The van der Waals surface area contributed by atoms with E-state index in [1.54, 1.807) is 16.5 Å². The zero-order valence-electron chi connectivity index (χ0n) is 22.3. The molecule has 9 heteroatoms. The van der Waals surface area contributed by atoms with E-state index in [-0.39, 0.29) is 12.3 Å². The van der Waals surface area contributed by atoms with Crippen LogP contribution in [0.25, 0.3) is 11.2 Å². The van der Waals surface area contributed by atoms with Crippen molar-refractivity contribution in [2.45, 2.75) is 78.4 Å². The number of aromatic amines is 1. The molecule has 196 valence electrons. The van der Waals surface area contributed by atoms with E-state index in [2.05, 4.69) is 18.8 Å². The number of amides is 1. The number of hydrogen-bond acceptors (Lipinski definition) is 5. The summed E-state index contributed by atoms with van der Waals surface area (Å²) in [5, 5.41) is 0. The number of nitrogens with zero attached hydrogens (tertiary/aromatic N) is 5. The number of nitrogens with one attached hydrogen (secondary N) is 1. The van der Waals surface area contributed by atoms with Crippen LogP contribution >= 0.6 is 0 Å². The Morgan fingerprint density at radius 1 is 0.944 bits per heavy atom. The van der Waals surface area contributed by atoms with Crippen molar-refractivity contribution in [3.8, 4) is 0 Å². The van der Waals surface area contributed by atoms with Gasteiger partial charge in [0, 0.05) is 59.3 Å². The lowest BCUT2D eigenvalue weighted by atomic mass is 10.1. The molecule has 3 rings (SSSR count). The van der Waals surface area contributed by atoms with Gasteiger partial charge < -0.3 is 14.4 Å². The van der Waals surface area contributed by atoms with E-state index in [1.165, 1.54) is 0 Å². The van der Waals surface area contributed by atoms with Gasteiger partial charge in [0.05, 0.1) is 0 Å². The first-order valence-electron chi connectivity index (χ1n) is 13.0. The van der Waals surface area contributed by atoms with Gasteiger partial charge in [0.15, 0.2) is 11.2 Å². The summed E-state index contributed by atoms with van der Waals surface area (Å²) >= 11 is 0. The van der Waals surface area contributed by atoms with Crippen molar-refractivity contribution in [1.82, 2.24) is 24.0 Å². The molecule has 0 saturated carbocycles. The van der Waals surface area contributed by atoms with Gasteiger partial charge in [0.2, 0.25) is 5.91 Å². The summed E-state index contributed by atoms with van der Waals surface area (Å²) in [4.78, 5) is 49.3. The lowest BCUT2D eigenvalue weighted by Gasteiger charge is -2.18. The van der Waals surface area contributed by atoms with Crippen LogP contribution in [0.15, 0.2) is 33.9 Å². The Kier molecular flexibility index (Phi) is 9.50. The first kappa shape index (κ1) is 27.2. The number of carbonyl (C=O) groups is 1. The van der Waals surface area contributed by atoms with Gasteiger partial charge >= 0.3 is 5.69 Å². The highest BCUT2D eigenvalue weighted by Crippen LogP contribution is 2.17. The molecule has 2 aromatic heterocycles. The first-order valence-corrected chi connectivity index (χ1v) is 13.0. The molecular formula is C27H40N6O3. The smallest absolute Gasteiger partial charge is 0.330 e. The number of hydrogen-bond donors (Lipinski definition) is 1. The minimum absolute atomic E-state index is 0.0103. The molecule has 0 spiro atoms. The third-order valence-electron chi connectivity index (χ3n) is 6.55. The van der Waals surface area contributed by atoms with Crippen LogP contribution in [-0.4, -0.2) is 51.1 Å². The summed E-state index contributed by atoms with van der Waals surface area (Å²) < 4.78 is 3.48. The number of anilines is 1. The molecule has 9 nitrogen and oxygen atoms in total. The van der Waals surface area contributed by atoms with Gasteiger partial charge in [-0.3, -0.25) is 19.1 Å². The molecule has 2 heterocycles. The van der Waals surface area contributed by atoms with Gasteiger partial charge in [0.1, 0.15) is 5.82 Å². The van der Waals surface area contributed by atoms with E-state index in [4.69, 9.17) is 4.98 Å². The minimum atomic E-state index is -0.429. The quantitative estimate of drug-likeness (QED) is 0.365. The summed E-state index contributed by atoms with van der Waals surface area (Å²) in [7, 11) is 5.80. The predicted molar refractivity (Wildman–Crippen MR) is 145 cm³/mol. The number of imidazole rings is 1. The zero-order chi connectivity index (χ0) is 26.2. The summed E-state index contributed by atoms with van der Waals surface area (Å²) in [6.45, 7) is 5.85. The van der Waals surface area contributed by atoms with Gasteiger partial charge in [-0.25, -0.2) is 9.78 Å². The number of rotatable bonds is 13. The lowest BCUT2D eigenvalue weighted by molar-refractivity contribution is -0.130. The molecule has 0 saturated heterocycles. The van der Waals surface area contributed by atoms with Crippen molar-refractivity contribution in [2.75, 3.05) is 26.0 Å². The molecule has 0 aliphatic carbocycles. The maximum atomic E-state index is 13.0. The molecule has 3 aromatic rings. The zero-order valence-corrected chi connectivity index (χ0v) is 22.3. The number of benzene rings is 1. The average Bonchev–Trinajstić information content (AvgIpc) is 3.21. The maximum Gasteiger partial charge on any atom is 0.330 e. The molecule has 0 unspecified atom stereocenters. The van der Waals surface area contributed by atoms with Crippen LogP contribution < -0.4 is 16.1 Å². The van der Waals surface area contributed by atoms with Gasteiger partial charge in [-0.1, -0.05) is 45.2 Å². The summed E-state index contributed by atoms with van der Waals surface area (Å²) in [6.07, 6.45) is 5.41. The molecule has 0 aliphatic rings. The number of fused-ring (bicyclic) bond motifs is 1. The van der Waals surface area contributed by atoms with Crippen LogP contribution in [0.3, 0.4) is 0 Å². The number of unbranched alkanes of at least 4 members (excludes halogenated alkanes) is 3. The lowest BCUT2D eigenvalue weighted by Crippen LogP contribution is -2.31. The Morgan fingerprint density at radius 3 is 2.25 bits per heavy atom. The standard InChI is InChI=1S/C27H40N6O3/c1-6-8-10-18-32-22(28-25-24(32)26(35)29-27(36)33(25)17-9-7-2)15-16-23(34)31(5)19-20-11-13-21(14-12-20)30(3)4/h11-14H,6-10,15-19H2,1-5H3,(H,29,35,36). The molecular weight excluding hydrogens is 456 g/mol. The predicted octanol–water partition coefficient (Wildman–Crippen LogP) is 3.53. The van der Waals surface area contributed by atoms with Crippen LogP contribution in [0.5, 0.6) is 0 Å². The highest BCUT2D eigenvalue weighted by molar-refractivity contribution is 5.76. The van der Waals surface area contributed by atoms with Crippen molar-refractivity contribution in [3.63, 3.8) is 0 Å². The molecule has 0 bridgehead atoms. The second kappa shape index (κ2) is 12.6. The van der Waals surface area contributed by atoms with Crippen molar-refractivity contribution in [1.29, 1.82) is 0 Å². The molecule has 36 heavy (non-hydrogen) atoms. The molecule has 0 fully saturated rings. The van der Waals surface area contributed by atoms with E-state index < -0.39 is 11.2 Å². The van der Waals surface area contributed by atoms with Crippen LogP contribution in [-0.2, 0) is 30.8 Å². The molecule has 0 radical (unpaired) electrons. The number of aryl methyl sites for hydroxylation is 3. The van der Waals surface area contributed by atoms with E-state index in [0.717, 1.165) is 43.4 Å². The third-order valence-corrected chi connectivity index (χ3v) is 6.55. The summed E-state index contributed by atoms with van der Waals surface area (Å²) in [5.74, 6) is 0.690. The number of carbonyl (C=O) groups excluding carboxylic acids is 1. The Morgan fingerprint density at radius 2 is 1.61 bits per heavy atom. The van der Waals surface area contributed by atoms with Crippen LogP contribution in [0.1, 0.15) is 63.8 Å². The second-order valence-corrected chi connectivity index (χ2v) is 9.63. The van der Waals surface area contributed by atoms with Crippen molar-refractivity contribution in [2.24, 2.45) is 0 Å². The van der Waals surface area contributed by atoms with E-state index in [0.29, 0.717) is 43.0 Å². The largest absolute Gasteiger partial charge is 0.378 e. The molecule has 0 aliphatic heterocycles. The van der Waals surface area contributed by atoms with Gasteiger partial charge in [-0.2, -0.15) is 0 Å². The Labute approximate surface area is 212 Å². The fourth-order valence-electron chi connectivity index (χ4n) is 4.36. The van der Waals surface area contributed by atoms with Crippen LogP contribution in [0.4, 0.5) is 5.69 Å². The van der Waals surface area contributed by atoms with E-state index in [9.17, 15) is 14.4 Å². The molecule has 0 atom stereocenters. The van der Waals surface area contributed by atoms with Crippen molar-refractivity contribution < 1.29 is 4.79 Å². The van der Waals surface area contributed by atoms with Gasteiger partial charge in [-0.05, 0) is 30.5 Å². The minimum Gasteiger partial charge on any atom is -0.378 e. The topological polar surface area (TPSA) is 96.2 Å². The third kappa shape index (κ3) is 6.44. The van der Waals surface area contributed by atoms with Crippen molar-refractivity contribution in [3.05, 3.63) is 56.5 Å². The Bertz CT molecular complexity index is 1270. The van der Waals surface area contributed by atoms with Crippen LogP contribution in [0, 0.1) is 0 Å². The van der Waals surface area contributed by atoms with Crippen molar-refractivity contribution >= 4 is 22.8 Å². The Balaban J connectivity index is 1.82. The first-order chi connectivity index (χ1) is 17.3. The second-order valence-electron chi connectivity index (χ2n) is 9.63. The normalized spacial score (nSPS) is 11.2. The maximum absolute atomic E-state index is 13.0. The average molecular weight is 497 g/mol. The summed E-state index contributed by atoms with van der Waals surface area (Å²) in [6, 6.07) is 8.16. The Hall–Kier alpha value is -3.36. The van der Waals surface area contributed by atoms with Gasteiger partial charge in [-0.15, -0.1) is 0 Å². The van der Waals surface area contributed by atoms with E-state index >= 15 is 0 Å². The van der Waals surface area contributed by atoms with E-state index in [1.807, 2.05) is 47.8 Å². The number of H-pyrrole nitrogens is 1. The van der Waals surface area contributed by atoms with Crippen LogP contribution in [0.2, 0.25) is 0 Å². The fourth-order valence-corrected chi connectivity index (χ4v) is 4.36. The molecule has 1 amide bonds. The monoisotopic (exact) mass is 496 g/mol. The SMILES string of the molecule is CCCCCn1c(CCC(=O)N(C)Cc2ccc(N(C)C)cc2)nc2c1c(=O)[nH]c(=O)n2CCCC. The molecule has 1 aromatic carbocycles. The summed E-state index contributed by atoms with van der Waals surface area (Å²) in [5.41, 5.74) is 2.19. The fraction of sp³-hybridized carbons (Fsp3) is 0.556. The number of aromatic nitrogens is 4. The highest BCUT2D eigenvalue weighted by Gasteiger charge is 2.20. The van der Waals surface area contributed by atoms with Gasteiger partial charge in [0.25, 0.3) is 5.56 Å².